The Morgan fingerprint density at radius 3 is 2.42 bits per heavy atom. The standard InChI is InChI=1S/C19H20INO2S/c1-15-9-11-17(12-10-15)24(22,23)21-14-16(6-4-5-13-20)18-7-2-3-8-19(18)21/h2-3,7-12,14H,4-6,13H2,1H3. The van der Waals surface area contributed by atoms with Crippen LogP contribution in [-0.2, 0) is 16.4 Å². The fraction of sp³-hybridized carbons (Fsp3) is 0.263. The molecular weight excluding hydrogens is 433 g/mol. The summed E-state index contributed by atoms with van der Waals surface area (Å²) in [5.41, 5.74) is 2.90. The van der Waals surface area contributed by atoms with E-state index in [4.69, 9.17) is 0 Å². The topological polar surface area (TPSA) is 39.1 Å². The number of halogens is 1. The van der Waals surface area contributed by atoms with E-state index < -0.39 is 10.0 Å². The number of rotatable bonds is 6. The number of aryl methyl sites for hydroxylation is 2. The van der Waals surface area contributed by atoms with Gasteiger partial charge in [0.15, 0.2) is 0 Å². The average Bonchev–Trinajstić information content (AvgIpc) is 2.95. The van der Waals surface area contributed by atoms with Gasteiger partial charge in [-0.25, -0.2) is 12.4 Å². The highest BCUT2D eigenvalue weighted by atomic mass is 127. The Morgan fingerprint density at radius 2 is 1.71 bits per heavy atom. The molecule has 0 saturated carbocycles. The van der Waals surface area contributed by atoms with Crippen molar-refractivity contribution in [3.05, 3.63) is 65.9 Å². The van der Waals surface area contributed by atoms with Gasteiger partial charge in [0.05, 0.1) is 10.4 Å². The Hall–Kier alpha value is -1.34. The van der Waals surface area contributed by atoms with Crippen molar-refractivity contribution < 1.29 is 8.42 Å². The zero-order valence-corrected chi connectivity index (χ0v) is 16.5. The molecule has 0 amide bonds. The Morgan fingerprint density at radius 1 is 1.00 bits per heavy atom. The number of para-hydroxylation sites is 1. The van der Waals surface area contributed by atoms with Crippen molar-refractivity contribution in [3.8, 4) is 0 Å². The Balaban J connectivity index is 2.10. The van der Waals surface area contributed by atoms with E-state index >= 15 is 0 Å². The van der Waals surface area contributed by atoms with Crippen LogP contribution in [-0.4, -0.2) is 16.8 Å². The van der Waals surface area contributed by atoms with Crippen LogP contribution in [0.2, 0.25) is 0 Å². The van der Waals surface area contributed by atoms with Gasteiger partial charge in [-0.1, -0.05) is 58.5 Å². The summed E-state index contributed by atoms with van der Waals surface area (Å²) < 4.78 is 28.7. The van der Waals surface area contributed by atoms with E-state index in [1.807, 2.05) is 43.3 Å². The molecule has 1 aromatic heterocycles. The van der Waals surface area contributed by atoms with Crippen LogP contribution >= 0.6 is 22.6 Å². The number of unbranched alkanes of at least 4 members (excludes halogenated alkanes) is 1. The number of benzene rings is 2. The molecule has 0 fully saturated rings. The van der Waals surface area contributed by atoms with Gasteiger partial charge in [0.25, 0.3) is 10.0 Å². The van der Waals surface area contributed by atoms with E-state index in [1.165, 1.54) is 3.97 Å². The third kappa shape index (κ3) is 3.37. The molecule has 0 unspecified atom stereocenters. The number of hydrogen-bond donors (Lipinski definition) is 0. The van der Waals surface area contributed by atoms with Gasteiger partial charge in [0.2, 0.25) is 0 Å². The summed E-state index contributed by atoms with van der Waals surface area (Å²) in [6, 6.07) is 14.8. The van der Waals surface area contributed by atoms with E-state index in [9.17, 15) is 8.42 Å². The van der Waals surface area contributed by atoms with Crippen LogP contribution in [0.1, 0.15) is 24.0 Å². The molecule has 0 radical (unpaired) electrons. The molecule has 0 aliphatic rings. The van der Waals surface area contributed by atoms with Crippen molar-refractivity contribution in [1.29, 1.82) is 0 Å². The Labute approximate surface area is 156 Å². The zero-order chi connectivity index (χ0) is 17.2. The van der Waals surface area contributed by atoms with Gasteiger partial charge in [-0.15, -0.1) is 0 Å². The third-order valence-electron chi connectivity index (χ3n) is 4.17. The van der Waals surface area contributed by atoms with Crippen molar-refractivity contribution in [2.75, 3.05) is 4.43 Å². The fourth-order valence-electron chi connectivity index (χ4n) is 2.85. The first-order valence-electron chi connectivity index (χ1n) is 8.01. The average molecular weight is 453 g/mol. The van der Waals surface area contributed by atoms with Crippen molar-refractivity contribution in [1.82, 2.24) is 3.97 Å². The van der Waals surface area contributed by atoms with Crippen LogP contribution in [0.3, 0.4) is 0 Å². The van der Waals surface area contributed by atoms with Crippen LogP contribution in [0.25, 0.3) is 10.9 Å². The predicted octanol–water partition coefficient (Wildman–Crippen LogP) is 4.94. The molecule has 5 heteroatoms. The second-order valence-electron chi connectivity index (χ2n) is 5.93. The van der Waals surface area contributed by atoms with Crippen molar-refractivity contribution in [2.24, 2.45) is 0 Å². The first-order valence-corrected chi connectivity index (χ1v) is 11.0. The highest BCUT2D eigenvalue weighted by Crippen LogP contribution is 2.27. The maximum atomic E-state index is 13.1. The number of nitrogens with zero attached hydrogens (tertiary/aromatic N) is 1. The van der Waals surface area contributed by atoms with E-state index in [-0.39, 0.29) is 0 Å². The summed E-state index contributed by atoms with van der Waals surface area (Å²) in [6.45, 7) is 1.95. The summed E-state index contributed by atoms with van der Waals surface area (Å²) >= 11 is 2.38. The zero-order valence-electron chi connectivity index (χ0n) is 13.6. The summed E-state index contributed by atoms with van der Waals surface area (Å²) in [4.78, 5) is 0.327. The van der Waals surface area contributed by atoms with Crippen LogP contribution in [0.4, 0.5) is 0 Å². The van der Waals surface area contributed by atoms with Crippen molar-refractivity contribution >= 4 is 43.5 Å². The summed E-state index contributed by atoms with van der Waals surface area (Å²) in [5.74, 6) is 0. The van der Waals surface area contributed by atoms with E-state index in [0.717, 1.165) is 45.7 Å². The lowest BCUT2D eigenvalue weighted by molar-refractivity contribution is 0.589. The van der Waals surface area contributed by atoms with E-state index in [0.29, 0.717) is 4.90 Å². The highest BCUT2D eigenvalue weighted by molar-refractivity contribution is 14.1. The fourth-order valence-corrected chi connectivity index (χ4v) is 4.78. The molecule has 24 heavy (non-hydrogen) atoms. The minimum atomic E-state index is -3.58. The van der Waals surface area contributed by atoms with Gasteiger partial charge < -0.3 is 0 Å². The van der Waals surface area contributed by atoms with Gasteiger partial charge >= 0.3 is 0 Å². The lowest BCUT2D eigenvalue weighted by atomic mass is 10.1. The minimum Gasteiger partial charge on any atom is -0.241 e. The summed E-state index contributed by atoms with van der Waals surface area (Å²) in [7, 11) is -3.58. The quantitative estimate of drug-likeness (QED) is 0.301. The van der Waals surface area contributed by atoms with Gasteiger partial charge in [0, 0.05) is 11.6 Å². The number of alkyl halides is 1. The molecule has 0 N–H and O–H groups in total. The van der Waals surface area contributed by atoms with Crippen LogP contribution in [0, 0.1) is 6.92 Å². The van der Waals surface area contributed by atoms with Crippen LogP contribution < -0.4 is 0 Å². The molecule has 0 bridgehead atoms. The SMILES string of the molecule is Cc1ccc(S(=O)(=O)n2cc(CCCCI)c3ccccc32)cc1. The molecule has 1 heterocycles. The summed E-state index contributed by atoms with van der Waals surface area (Å²) in [6.07, 6.45) is 4.92. The molecule has 0 aliphatic heterocycles. The highest BCUT2D eigenvalue weighted by Gasteiger charge is 2.20. The molecule has 2 aromatic carbocycles. The number of hydrogen-bond acceptors (Lipinski definition) is 2. The largest absolute Gasteiger partial charge is 0.268 e. The first kappa shape index (κ1) is 17.5. The van der Waals surface area contributed by atoms with Crippen LogP contribution in [0.15, 0.2) is 59.6 Å². The number of fused-ring (bicyclic) bond motifs is 1. The second-order valence-corrected chi connectivity index (χ2v) is 8.83. The number of aromatic nitrogens is 1. The molecule has 3 aromatic rings. The molecule has 3 rings (SSSR count). The van der Waals surface area contributed by atoms with E-state index in [2.05, 4.69) is 22.6 Å². The van der Waals surface area contributed by atoms with Gasteiger partial charge in [0.1, 0.15) is 0 Å². The Kier molecular flexibility index (Phi) is 5.30. The van der Waals surface area contributed by atoms with E-state index in [1.54, 1.807) is 18.3 Å². The van der Waals surface area contributed by atoms with Gasteiger partial charge in [-0.05, 0) is 54.4 Å². The second kappa shape index (κ2) is 7.27. The summed E-state index contributed by atoms with van der Waals surface area (Å²) in [5, 5.41) is 1.03. The molecule has 0 atom stereocenters. The predicted molar refractivity (Wildman–Crippen MR) is 108 cm³/mol. The monoisotopic (exact) mass is 453 g/mol. The minimum absolute atomic E-state index is 0.327. The molecular formula is C19H20INO2S. The Bertz CT molecular complexity index is 943. The molecule has 0 spiro atoms. The smallest absolute Gasteiger partial charge is 0.241 e. The lowest BCUT2D eigenvalue weighted by Gasteiger charge is -2.07. The maximum Gasteiger partial charge on any atom is 0.268 e. The molecule has 0 aliphatic carbocycles. The van der Waals surface area contributed by atoms with Crippen LogP contribution in [0.5, 0.6) is 0 Å². The molecule has 0 saturated heterocycles. The maximum absolute atomic E-state index is 13.1. The van der Waals surface area contributed by atoms with Crippen molar-refractivity contribution in [3.63, 3.8) is 0 Å². The lowest BCUT2D eigenvalue weighted by Crippen LogP contribution is -2.11. The molecule has 3 nitrogen and oxygen atoms in total. The molecule has 126 valence electrons. The third-order valence-corrected chi connectivity index (χ3v) is 6.62. The van der Waals surface area contributed by atoms with Crippen molar-refractivity contribution in [2.45, 2.75) is 31.1 Å². The normalized spacial score (nSPS) is 11.9. The first-order chi connectivity index (χ1) is 11.5. The van der Waals surface area contributed by atoms with Gasteiger partial charge in [-0.2, -0.15) is 0 Å². The van der Waals surface area contributed by atoms with Gasteiger partial charge in [-0.3, -0.25) is 0 Å².